The predicted molar refractivity (Wildman–Crippen MR) is 88.5 cm³/mol. The average Bonchev–Trinajstić information content (AvgIpc) is 2.60. The molecule has 0 aliphatic carbocycles. The highest BCUT2D eigenvalue weighted by molar-refractivity contribution is 5.90. The molecule has 0 radical (unpaired) electrons. The summed E-state index contributed by atoms with van der Waals surface area (Å²) < 4.78 is 59.5. The van der Waals surface area contributed by atoms with Crippen LogP contribution in [0.4, 0.5) is 28.0 Å². The molecule has 6 nitrogen and oxygen atoms in total. The van der Waals surface area contributed by atoms with Crippen molar-refractivity contribution in [2.75, 3.05) is 25.5 Å². The lowest BCUT2D eigenvalue weighted by molar-refractivity contribution is -0.137. The van der Waals surface area contributed by atoms with Crippen molar-refractivity contribution in [1.82, 2.24) is 4.90 Å². The van der Waals surface area contributed by atoms with Crippen molar-refractivity contribution in [1.29, 1.82) is 0 Å². The van der Waals surface area contributed by atoms with E-state index in [9.17, 15) is 22.8 Å². The zero-order chi connectivity index (χ0) is 20.4. The predicted octanol–water partition coefficient (Wildman–Crippen LogP) is 3.77. The first kappa shape index (κ1) is 20.8. The van der Waals surface area contributed by atoms with Gasteiger partial charge in [0, 0.05) is 31.6 Å². The Morgan fingerprint density at radius 2 is 1.89 bits per heavy atom. The van der Waals surface area contributed by atoms with Crippen LogP contribution in [0.25, 0.3) is 0 Å². The number of hydrogen-bond donors (Lipinski definition) is 2. The maximum atomic E-state index is 15.2. The fraction of sp³-hybridized carbons (Fsp3) is 0.529. The number of carbonyl (C=O) groups excluding carboxylic acids is 1. The molecule has 27 heavy (non-hydrogen) atoms. The quantitative estimate of drug-likeness (QED) is 0.602. The molecule has 1 fully saturated rings. The molecule has 1 aromatic carbocycles. The first-order valence-corrected chi connectivity index (χ1v) is 8.21. The maximum absolute atomic E-state index is 15.2. The number of carbonyl (C=O) groups is 2. The van der Waals surface area contributed by atoms with Crippen LogP contribution < -0.4 is 5.32 Å². The van der Waals surface area contributed by atoms with Gasteiger partial charge in [0.2, 0.25) is 0 Å². The Balaban J connectivity index is 2.26. The summed E-state index contributed by atoms with van der Waals surface area (Å²) in [5.41, 5.74) is -3.46. The molecule has 0 aromatic heterocycles. The Kier molecular flexibility index (Phi) is 5.86. The molecule has 1 atom stereocenters. The second-order valence-electron chi connectivity index (χ2n) is 6.42. The molecule has 1 unspecified atom stereocenters. The normalized spacial score (nSPS) is 17.9. The van der Waals surface area contributed by atoms with E-state index in [0.29, 0.717) is 0 Å². The van der Waals surface area contributed by atoms with Gasteiger partial charge in [-0.25, -0.2) is 14.0 Å². The van der Waals surface area contributed by atoms with E-state index < -0.39 is 41.2 Å². The molecule has 0 spiro atoms. The van der Waals surface area contributed by atoms with Crippen LogP contribution in [0.5, 0.6) is 0 Å². The lowest BCUT2D eigenvalue weighted by Gasteiger charge is -2.39. The smallest absolute Gasteiger partial charge is 0.418 e. The number of likely N-dealkylation sites (tertiary alicyclic amines) is 1. The minimum atomic E-state index is -4.70. The van der Waals surface area contributed by atoms with Crippen LogP contribution in [-0.2, 0) is 10.9 Å². The first-order chi connectivity index (χ1) is 12.5. The number of halogens is 4. The molecule has 1 aliphatic rings. The summed E-state index contributed by atoms with van der Waals surface area (Å²) in [7, 11) is 1.10. The van der Waals surface area contributed by atoms with Crippen molar-refractivity contribution in [3.8, 4) is 0 Å². The molecule has 2 N–H and O–H groups in total. The summed E-state index contributed by atoms with van der Waals surface area (Å²) in [5.74, 6) is -0.816. The fourth-order valence-corrected chi connectivity index (χ4v) is 3.02. The van der Waals surface area contributed by atoms with Crippen molar-refractivity contribution in [2.24, 2.45) is 0 Å². The van der Waals surface area contributed by atoms with E-state index in [4.69, 9.17) is 5.11 Å². The Morgan fingerprint density at radius 1 is 1.30 bits per heavy atom. The number of nitrogens with zero attached hydrogens (tertiary/aromatic N) is 1. The summed E-state index contributed by atoms with van der Waals surface area (Å²) in [6.45, 7) is 1.29. The van der Waals surface area contributed by atoms with Crippen LogP contribution in [0.2, 0.25) is 0 Å². The van der Waals surface area contributed by atoms with Crippen molar-refractivity contribution < 1.29 is 37.0 Å². The third-order valence-electron chi connectivity index (χ3n) is 4.76. The largest absolute Gasteiger partial charge is 0.465 e. The number of benzene rings is 1. The van der Waals surface area contributed by atoms with Crippen LogP contribution in [0, 0.1) is 0 Å². The number of methoxy groups -OCH3 is 1. The Hall–Kier alpha value is -2.52. The zero-order valence-electron chi connectivity index (χ0n) is 14.8. The second kappa shape index (κ2) is 7.61. The molecule has 1 aromatic rings. The van der Waals surface area contributed by atoms with E-state index in [2.05, 4.69) is 10.1 Å². The van der Waals surface area contributed by atoms with Gasteiger partial charge in [0.15, 0.2) is 0 Å². The number of amides is 1. The van der Waals surface area contributed by atoms with E-state index in [1.54, 1.807) is 0 Å². The summed E-state index contributed by atoms with van der Waals surface area (Å²) in [5, 5.41) is 11.5. The molecular weight excluding hydrogens is 372 g/mol. The van der Waals surface area contributed by atoms with Gasteiger partial charge in [-0.05, 0) is 25.1 Å². The summed E-state index contributed by atoms with van der Waals surface area (Å²) >= 11 is 0. The molecule has 2 rings (SSSR count). The van der Waals surface area contributed by atoms with Gasteiger partial charge >= 0.3 is 18.2 Å². The highest BCUT2D eigenvalue weighted by Crippen LogP contribution is 2.38. The van der Waals surface area contributed by atoms with Crippen LogP contribution >= 0.6 is 0 Å². The third kappa shape index (κ3) is 4.61. The number of ether oxygens (including phenoxy) is 1. The average molecular weight is 392 g/mol. The van der Waals surface area contributed by atoms with Crippen molar-refractivity contribution in [3.63, 3.8) is 0 Å². The van der Waals surface area contributed by atoms with Crippen LogP contribution in [0.1, 0.15) is 35.7 Å². The summed E-state index contributed by atoms with van der Waals surface area (Å²) in [4.78, 5) is 23.6. The van der Waals surface area contributed by atoms with Gasteiger partial charge in [-0.15, -0.1) is 0 Å². The molecule has 0 saturated carbocycles. The van der Waals surface area contributed by atoms with Gasteiger partial charge in [-0.3, -0.25) is 0 Å². The maximum Gasteiger partial charge on any atom is 0.418 e. The van der Waals surface area contributed by atoms with Crippen LogP contribution in [-0.4, -0.2) is 54.0 Å². The lowest BCUT2D eigenvalue weighted by atomic mass is 9.86. The molecule has 1 aliphatic heterocycles. The van der Waals surface area contributed by atoms with Gasteiger partial charge in [0.25, 0.3) is 0 Å². The lowest BCUT2D eigenvalue weighted by Crippen LogP contribution is -2.51. The standard InChI is InChI=1S/C17H20F4N2O4/c1-10(16(18)5-7-23(8-6-16)15(25)26)22-13-9-11(14(24)27-2)3-4-12(13)17(19,20)21/h3-4,9-10,22H,5-8H2,1-2H3,(H,25,26). The number of nitrogens with one attached hydrogen (secondary N) is 1. The molecule has 150 valence electrons. The number of carboxylic acid groups (broad SMARTS) is 1. The SMILES string of the molecule is COC(=O)c1ccc(C(F)(F)F)c(NC(C)C2(F)CCN(C(=O)O)CC2)c1. The minimum Gasteiger partial charge on any atom is -0.465 e. The van der Waals surface area contributed by atoms with Crippen molar-refractivity contribution in [3.05, 3.63) is 29.3 Å². The minimum absolute atomic E-state index is 0.0494. The van der Waals surface area contributed by atoms with Crippen LogP contribution in [0.15, 0.2) is 18.2 Å². The van der Waals surface area contributed by atoms with E-state index in [-0.39, 0.29) is 31.5 Å². The Morgan fingerprint density at radius 3 is 2.37 bits per heavy atom. The third-order valence-corrected chi connectivity index (χ3v) is 4.76. The number of alkyl halides is 4. The Labute approximate surface area is 153 Å². The monoisotopic (exact) mass is 392 g/mol. The molecule has 1 saturated heterocycles. The van der Waals surface area contributed by atoms with E-state index in [1.807, 2.05) is 0 Å². The van der Waals surface area contributed by atoms with E-state index in [0.717, 1.165) is 30.2 Å². The fourth-order valence-electron chi connectivity index (χ4n) is 3.02. The van der Waals surface area contributed by atoms with E-state index >= 15 is 4.39 Å². The van der Waals surface area contributed by atoms with Gasteiger partial charge in [0.1, 0.15) is 5.67 Å². The van der Waals surface area contributed by atoms with Crippen molar-refractivity contribution >= 4 is 17.7 Å². The van der Waals surface area contributed by atoms with Gasteiger partial charge in [0.05, 0.1) is 24.3 Å². The topological polar surface area (TPSA) is 78.9 Å². The number of rotatable bonds is 4. The second-order valence-corrected chi connectivity index (χ2v) is 6.42. The molecule has 0 bridgehead atoms. The van der Waals surface area contributed by atoms with Gasteiger partial charge in [-0.1, -0.05) is 0 Å². The van der Waals surface area contributed by atoms with Crippen molar-refractivity contribution in [2.45, 2.75) is 37.7 Å². The van der Waals surface area contributed by atoms with E-state index in [1.165, 1.54) is 6.92 Å². The summed E-state index contributed by atoms with van der Waals surface area (Å²) in [6.07, 6.45) is -6.16. The molecule has 10 heteroatoms. The molecule has 1 heterocycles. The number of esters is 1. The summed E-state index contributed by atoms with van der Waals surface area (Å²) in [6, 6.07) is 1.66. The Bertz CT molecular complexity index is 715. The highest BCUT2D eigenvalue weighted by atomic mass is 19.4. The number of piperidine rings is 1. The van der Waals surface area contributed by atoms with Gasteiger partial charge < -0.3 is 20.1 Å². The zero-order valence-corrected chi connectivity index (χ0v) is 14.8. The van der Waals surface area contributed by atoms with Crippen LogP contribution in [0.3, 0.4) is 0 Å². The molecular formula is C17H20F4N2O4. The first-order valence-electron chi connectivity index (χ1n) is 8.21. The number of hydrogen-bond acceptors (Lipinski definition) is 4. The highest BCUT2D eigenvalue weighted by Gasteiger charge is 2.42. The van der Waals surface area contributed by atoms with Gasteiger partial charge in [-0.2, -0.15) is 13.2 Å². The molecule has 1 amide bonds. The number of anilines is 1.